The van der Waals surface area contributed by atoms with Crippen LogP contribution >= 0.6 is 0 Å². The van der Waals surface area contributed by atoms with Crippen molar-refractivity contribution in [3.8, 4) is 11.1 Å². The van der Waals surface area contributed by atoms with Crippen LogP contribution in [0.2, 0.25) is 0 Å². The molecule has 0 aromatic heterocycles. The van der Waals surface area contributed by atoms with Crippen molar-refractivity contribution in [3.63, 3.8) is 0 Å². The number of aryl methyl sites for hydroxylation is 2. The Labute approximate surface area is 149 Å². The lowest BCUT2D eigenvalue weighted by molar-refractivity contribution is 1.12. The van der Waals surface area contributed by atoms with Crippen LogP contribution in [0.3, 0.4) is 0 Å². The van der Waals surface area contributed by atoms with E-state index in [1.807, 2.05) is 0 Å². The van der Waals surface area contributed by atoms with E-state index in [4.69, 9.17) is 0 Å². The molecule has 0 bridgehead atoms. The molecule has 1 heteroatoms. The van der Waals surface area contributed by atoms with Crippen molar-refractivity contribution < 1.29 is 0 Å². The Morgan fingerprint density at radius 2 is 1.20 bits per heavy atom. The number of rotatable bonds is 2. The number of nitrogens with zero attached hydrogens (tertiary/aromatic N) is 1. The normalized spacial score (nSPS) is 11.2. The third kappa shape index (κ3) is 2.56. The van der Waals surface area contributed by atoms with E-state index in [9.17, 15) is 0 Å². The van der Waals surface area contributed by atoms with Crippen LogP contribution in [0.1, 0.15) is 11.1 Å². The SMILES string of the molecule is Cc1cc(N(C)C)cc(C)c1-c1cc2ccccc2c2ccccc12. The van der Waals surface area contributed by atoms with Gasteiger partial charge in [-0.1, -0.05) is 48.5 Å². The summed E-state index contributed by atoms with van der Waals surface area (Å²) in [6, 6.07) is 24.3. The monoisotopic (exact) mass is 325 g/mol. The fourth-order valence-electron chi connectivity index (χ4n) is 3.88. The second kappa shape index (κ2) is 5.93. The Kier molecular flexibility index (Phi) is 3.73. The second-order valence-corrected chi connectivity index (χ2v) is 7.04. The zero-order valence-corrected chi connectivity index (χ0v) is 15.3. The summed E-state index contributed by atoms with van der Waals surface area (Å²) in [4.78, 5) is 2.17. The van der Waals surface area contributed by atoms with Gasteiger partial charge in [-0.2, -0.15) is 0 Å². The van der Waals surface area contributed by atoms with E-state index in [0.29, 0.717) is 0 Å². The van der Waals surface area contributed by atoms with Gasteiger partial charge < -0.3 is 4.90 Å². The molecule has 0 aliphatic heterocycles. The van der Waals surface area contributed by atoms with Crippen LogP contribution in [-0.2, 0) is 0 Å². The molecule has 0 saturated carbocycles. The number of hydrogen-bond donors (Lipinski definition) is 0. The highest BCUT2D eigenvalue weighted by Crippen LogP contribution is 2.38. The third-order valence-electron chi connectivity index (χ3n) is 5.07. The summed E-state index contributed by atoms with van der Waals surface area (Å²) in [6.45, 7) is 4.44. The first-order chi connectivity index (χ1) is 12.1. The van der Waals surface area contributed by atoms with Gasteiger partial charge in [0.05, 0.1) is 0 Å². The van der Waals surface area contributed by atoms with Crippen molar-refractivity contribution in [3.05, 3.63) is 77.9 Å². The van der Waals surface area contributed by atoms with Gasteiger partial charge in [0.15, 0.2) is 0 Å². The van der Waals surface area contributed by atoms with Crippen molar-refractivity contribution >= 4 is 27.2 Å². The fourth-order valence-corrected chi connectivity index (χ4v) is 3.88. The minimum atomic E-state index is 1.25. The molecule has 0 aliphatic rings. The van der Waals surface area contributed by atoms with E-state index in [0.717, 1.165) is 0 Å². The third-order valence-corrected chi connectivity index (χ3v) is 5.07. The maximum absolute atomic E-state index is 2.35. The predicted octanol–water partition coefficient (Wildman–Crippen LogP) is 6.34. The summed E-state index contributed by atoms with van der Waals surface area (Å²) in [5, 5.41) is 5.27. The van der Waals surface area contributed by atoms with E-state index in [2.05, 4.69) is 99.6 Å². The molecule has 0 atom stereocenters. The van der Waals surface area contributed by atoms with Gasteiger partial charge in [0, 0.05) is 19.8 Å². The van der Waals surface area contributed by atoms with Gasteiger partial charge in [0.25, 0.3) is 0 Å². The van der Waals surface area contributed by atoms with Crippen LogP contribution < -0.4 is 4.90 Å². The molecular formula is C24H23N. The largest absolute Gasteiger partial charge is 0.378 e. The molecule has 0 N–H and O–H groups in total. The summed E-state index contributed by atoms with van der Waals surface area (Å²) in [6.07, 6.45) is 0. The zero-order valence-electron chi connectivity index (χ0n) is 15.3. The molecule has 0 spiro atoms. The molecule has 4 aromatic rings. The highest BCUT2D eigenvalue weighted by molar-refractivity contribution is 6.14. The van der Waals surface area contributed by atoms with Gasteiger partial charge in [0.1, 0.15) is 0 Å². The van der Waals surface area contributed by atoms with Gasteiger partial charge >= 0.3 is 0 Å². The minimum absolute atomic E-state index is 1.25. The average molecular weight is 325 g/mol. The summed E-state index contributed by atoms with van der Waals surface area (Å²) in [7, 11) is 4.19. The second-order valence-electron chi connectivity index (χ2n) is 7.04. The maximum Gasteiger partial charge on any atom is 0.0366 e. The van der Waals surface area contributed by atoms with Crippen LogP contribution in [0.15, 0.2) is 66.7 Å². The van der Waals surface area contributed by atoms with Gasteiger partial charge in [-0.15, -0.1) is 0 Å². The Balaban J connectivity index is 2.10. The van der Waals surface area contributed by atoms with Crippen LogP contribution in [0.5, 0.6) is 0 Å². The van der Waals surface area contributed by atoms with Crippen LogP contribution in [0, 0.1) is 13.8 Å². The number of hydrogen-bond acceptors (Lipinski definition) is 1. The number of fused-ring (bicyclic) bond motifs is 3. The molecule has 4 rings (SSSR count). The van der Waals surface area contributed by atoms with Crippen molar-refractivity contribution in [1.29, 1.82) is 0 Å². The molecule has 4 aromatic carbocycles. The van der Waals surface area contributed by atoms with E-state index < -0.39 is 0 Å². The van der Waals surface area contributed by atoms with E-state index in [1.165, 1.54) is 49.5 Å². The van der Waals surface area contributed by atoms with Crippen molar-refractivity contribution in [2.75, 3.05) is 19.0 Å². The summed E-state index contributed by atoms with van der Waals surface area (Å²) >= 11 is 0. The number of benzene rings is 4. The van der Waals surface area contributed by atoms with Gasteiger partial charge in [0.2, 0.25) is 0 Å². The lowest BCUT2D eigenvalue weighted by Crippen LogP contribution is -2.09. The molecule has 25 heavy (non-hydrogen) atoms. The Morgan fingerprint density at radius 1 is 0.640 bits per heavy atom. The standard InChI is InChI=1S/C24H23N/c1-16-13-19(25(3)4)14-17(2)24(16)23-15-18-9-5-6-10-20(18)21-11-7-8-12-22(21)23/h5-15H,1-4H3. The molecule has 0 radical (unpaired) electrons. The fraction of sp³-hybridized carbons (Fsp3) is 0.167. The first kappa shape index (κ1) is 15.7. The first-order valence-electron chi connectivity index (χ1n) is 8.75. The average Bonchev–Trinajstić information content (AvgIpc) is 2.61. The van der Waals surface area contributed by atoms with Crippen molar-refractivity contribution in [1.82, 2.24) is 0 Å². The van der Waals surface area contributed by atoms with E-state index in [1.54, 1.807) is 0 Å². The van der Waals surface area contributed by atoms with Gasteiger partial charge in [-0.25, -0.2) is 0 Å². The molecule has 0 heterocycles. The summed E-state index contributed by atoms with van der Waals surface area (Å²) in [5.74, 6) is 0. The van der Waals surface area contributed by atoms with Crippen molar-refractivity contribution in [2.45, 2.75) is 13.8 Å². The van der Waals surface area contributed by atoms with Gasteiger partial charge in [-0.3, -0.25) is 0 Å². The quantitative estimate of drug-likeness (QED) is 0.388. The smallest absolute Gasteiger partial charge is 0.0366 e. The lowest BCUT2D eigenvalue weighted by Gasteiger charge is -2.19. The molecule has 0 fully saturated rings. The molecule has 1 nitrogen and oxygen atoms in total. The van der Waals surface area contributed by atoms with E-state index in [-0.39, 0.29) is 0 Å². The van der Waals surface area contributed by atoms with Crippen LogP contribution in [0.25, 0.3) is 32.7 Å². The van der Waals surface area contributed by atoms with Crippen LogP contribution in [-0.4, -0.2) is 14.1 Å². The number of anilines is 1. The maximum atomic E-state index is 2.35. The lowest BCUT2D eigenvalue weighted by atomic mass is 9.88. The van der Waals surface area contributed by atoms with Gasteiger partial charge in [-0.05, 0) is 75.8 Å². The molecule has 0 saturated heterocycles. The molecule has 0 amide bonds. The van der Waals surface area contributed by atoms with Crippen LogP contribution in [0.4, 0.5) is 5.69 Å². The van der Waals surface area contributed by atoms with Crippen molar-refractivity contribution in [2.24, 2.45) is 0 Å². The molecule has 0 unspecified atom stereocenters. The predicted molar refractivity (Wildman–Crippen MR) is 111 cm³/mol. The Bertz CT molecular complexity index is 1070. The highest BCUT2D eigenvalue weighted by atomic mass is 15.1. The minimum Gasteiger partial charge on any atom is -0.378 e. The Morgan fingerprint density at radius 3 is 1.84 bits per heavy atom. The molecular weight excluding hydrogens is 302 g/mol. The Hall–Kier alpha value is -2.80. The zero-order chi connectivity index (χ0) is 17.6. The summed E-state index contributed by atoms with van der Waals surface area (Å²) in [5.41, 5.74) is 6.58. The van der Waals surface area contributed by atoms with E-state index >= 15 is 0 Å². The molecule has 0 aliphatic carbocycles. The highest BCUT2D eigenvalue weighted by Gasteiger charge is 2.13. The molecule has 124 valence electrons. The first-order valence-corrected chi connectivity index (χ1v) is 8.75. The topological polar surface area (TPSA) is 3.24 Å². The summed E-state index contributed by atoms with van der Waals surface area (Å²) < 4.78 is 0.